The smallest absolute Gasteiger partial charge is 0.0953 e. The molecule has 1 aromatic rings. The topological polar surface area (TPSA) is 58.3 Å². The van der Waals surface area contributed by atoms with Gasteiger partial charge in [-0.25, -0.2) is 4.98 Å². The van der Waals surface area contributed by atoms with Gasteiger partial charge in [-0.1, -0.05) is 30.9 Å². The Morgan fingerprint density at radius 1 is 1.22 bits per heavy atom. The molecule has 2 heterocycles. The number of fused-ring (bicyclic) bond motifs is 1. The van der Waals surface area contributed by atoms with Crippen LogP contribution in [0.4, 0.5) is 0 Å². The molecule has 5 aliphatic rings. The summed E-state index contributed by atoms with van der Waals surface area (Å²) in [5, 5.41) is 22.1. The largest absolute Gasteiger partial charge is 0.393 e. The van der Waals surface area contributed by atoms with Crippen molar-refractivity contribution in [1.82, 2.24) is 9.55 Å². The Balaban J connectivity index is 1.37. The van der Waals surface area contributed by atoms with E-state index in [9.17, 15) is 10.2 Å². The summed E-state index contributed by atoms with van der Waals surface area (Å²) in [6.45, 7) is 4.17. The summed E-state index contributed by atoms with van der Waals surface area (Å²) >= 11 is 0. The first-order chi connectivity index (χ1) is 13.0. The molecule has 0 spiro atoms. The third kappa shape index (κ3) is 3.03. The second kappa shape index (κ2) is 6.46. The van der Waals surface area contributed by atoms with Crippen molar-refractivity contribution in [2.24, 2.45) is 23.7 Å². The zero-order valence-corrected chi connectivity index (χ0v) is 15.9. The summed E-state index contributed by atoms with van der Waals surface area (Å²) < 4.78 is 2.19. The lowest BCUT2D eigenvalue weighted by Crippen LogP contribution is -2.57. The van der Waals surface area contributed by atoms with Gasteiger partial charge in [0, 0.05) is 6.04 Å². The molecule has 0 radical (unpaired) electrons. The van der Waals surface area contributed by atoms with E-state index >= 15 is 0 Å². The van der Waals surface area contributed by atoms with Gasteiger partial charge in [0.05, 0.1) is 29.9 Å². The Hall–Kier alpha value is -1.65. The summed E-state index contributed by atoms with van der Waals surface area (Å²) in [7, 11) is 0. The number of hydrogen-bond donors (Lipinski definition) is 2. The molecule has 1 aromatic heterocycles. The van der Waals surface area contributed by atoms with Crippen LogP contribution in [0.15, 0.2) is 43.4 Å². The lowest BCUT2D eigenvalue weighted by molar-refractivity contribution is -0.174. The Morgan fingerprint density at radius 3 is 2.74 bits per heavy atom. The minimum Gasteiger partial charge on any atom is -0.393 e. The molecule has 6 rings (SSSR count). The van der Waals surface area contributed by atoms with Gasteiger partial charge in [-0.2, -0.15) is 0 Å². The lowest BCUT2D eigenvalue weighted by Gasteiger charge is -2.59. The molecule has 4 atom stereocenters. The number of imidazole rings is 1. The zero-order chi connectivity index (χ0) is 18.6. The van der Waals surface area contributed by atoms with E-state index < -0.39 is 5.60 Å². The first-order valence-corrected chi connectivity index (χ1v) is 10.5. The molecule has 144 valence electrons. The van der Waals surface area contributed by atoms with Gasteiger partial charge in [-0.15, -0.1) is 0 Å². The Kier molecular flexibility index (Phi) is 4.17. The molecule has 0 aromatic carbocycles. The number of aliphatic hydroxyl groups is 2. The van der Waals surface area contributed by atoms with Gasteiger partial charge in [-0.05, 0) is 74.2 Å². The standard InChI is InChI=1S/C23H30N2O2/c1-15-5-3-2-4-6-19(25-14-24-13-20(15)25)9-21(26)22-17-7-16-8-18(22)12-23(27,10-16)11-17/h2-5,13-14,16-19,21-22,26-27H,1,6-12H2/b4-2-,5-3-. The van der Waals surface area contributed by atoms with Crippen LogP contribution in [0, 0.1) is 23.7 Å². The van der Waals surface area contributed by atoms with Crippen molar-refractivity contribution in [2.75, 3.05) is 0 Å². The molecule has 4 unspecified atom stereocenters. The average Bonchev–Trinajstić information content (AvgIpc) is 3.08. The van der Waals surface area contributed by atoms with Crippen molar-refractivity contribution in [1.29, 1.82) is 0 Å². The molecule has 4 bridgehead atoms. The van der Waals surface area contributed by atoms with E-state index in [0.717, 1.165) is 43.4 Å². The van der Waals surface area contributed by atoms with Crippen LogP contribution in [0.3, 0.4) is 0 Å². The fraction of sp³-hybridized carbons (Fsp3) is 0.609. The SMILES string of the molecule is C=C1/C=C\C=C/CC(CC(O)C2C3CC4CC2CC(O)(C4)C3)n2cncc21. The predicted molar refractivity (Wildman–Crippen MR) is 106 cm³/mol. The highest BCUT2D eigenvalue weighted by Gasteiger charge is 2.56. The second-order valence-corrected chi connectivity index (χ2v) is 9.46. The molecule has 0 saturated heterocycles. The van der Waals surface area contributed by atoms with Crippen LogP contribution < -0.4 is 0 Å². The molecule has 4 nitrogen and oxygen atoms in total. The van der Waals surface area contributed by atoms with Crippen LogP contribution in [0.1, 0.15) is 56.7 Å². The highest BCUT2D eigenvalue weighted by molar-refractivity contribution is 5.70. The third-order valence-electron chi connectivity index (χ3n) is 7.61. The maximum absolute atomic E-state index is 11.3. The summed E-state index contributed by atoms with van der Waals surface area (Å²) in [4.78, 5) is 4.35. The number of rotatable bonds is 3. The summed E-state index contributed by atoms with van der Waals surface area (Å²) in [5.74, 6) is 1.99. The minimum atomic E-state index is -0.436. The van der Waals surface area contributed by atoms with E-state index in [1.165, 1.54) is 12.8 Å². The van der Waals surface area contributed by atoms with Gasteiger partial charge in [0.1, 0.15) is 0 Å². The van der Waals surface area contributed by atoms with E-state index in [4.69, 9.17) is 0 Å². The maximum atomic E-state index is 11.3. The van der Waals surface area contributed by atoms with Crippen molar-refractivity contribution >= 4 is 5.57 Å². The number of nitrogens with zero attached hydrogens (tertiary/aromatic N) is 2. The van der Waals surface area contributed by atoms with Crippen molar-refractivity contribution in [3.05, 3.63) is 49.1 Å². The molecule has 4 heteroatoms. The van der Waals surface area contributed by atoms with Crippen LogP contribution in [-0.2, 0) is 0 Å². The summed E-state index contributed by atoms with van der Waals surface area (Å²) in [5.41, 5.74) is 1.55. The van der Waals surface area contributed by atoms with Crippen LogP contribution in [0.2, 0.25) is 0 Å². The van der Waals surface area contributed by atoms with Crippen molar-refractivity contribution in [3.8, 4) is 0 Å². The first-order valence-electron chi connectivity index (χ1n) is 10.5. The number of aromatic nitrogens is 2. The van der Waals surface area contributed by atoms with E-state index in [-0.39, 0.29) is 12.1 Å². The van der Waals surface area contributed by atoms with Crippen molar-refractivity contribution in [3.63, 3.8) is 0 Å². The normalized spacial score (nSPS) is 43.5. The van der Waals surface area contributed by atoms with E-state index in [1.807, 2.05) is 24.7 Å². The van der Waals surface area contributed by atoms with Gasteiger partial charge < -0.3 is 14.8 Å². The second-order valence-electron chi connectivity index (χ2n) is 9.46. The molecule has 1 aliphatic heterocycles. The van der Waals surface area contributed by atoms with Gasteiger partial charge in [-0.3, -0.25) is 0 Å². The average molecular weight is 367 g/mol. The minimum absolute atomic E-state index is 0.186. The number of allylic oxidation sites excluding steroid dienone is 5. The van der Waals surface area contributed by atoms with Gasteiger partial charge in [0.25, 0.3) is 0 Å². The van der Waals surface area contributed by atoms with Crippen LogP contribution in [-0.4, -0.2) is 31.5 Å². The number of aliphatic hydroxyl groups excluding tert-OH is 1. The molecular weight excluding hydrogens is 336 g/mol. The van der Waals surface area contributed by atoms with E-state index in [0.29, 0.717) is 23.7 Å². The van der Waals surface area contributed by atoms with Gasteiger partial charge in [0.2, 0.25) is 0 Å². The fourth-order valence-corrected chi connectivity index (χ4v) is 6.82. The van der Waals surface area contributed by atoms with Crippen molar-refractivity contribution in [2.45, 2.75) is 62.7 Å². The van der Waals surface area contributed by atoms with E-state index in [2.05, 4.69) is 28.3 Å². The fourth-order valence-electron chi connectivity index (χ4n) is 6.82. The molecule has 4 fully saturated rings. The summed E-state index contributed by atoms with van der Waals surface area (Å²) in [6.07, 6.45) is 18.5. The van der Waals surface area contributed by atoms with Gasteiger partial charge in [0.15, 0.2) is 0 Å². The Morgan fingerprint density at radius 2 is 2.00 bits per heavy atom. The molecule has 4 aliphatic carbocycles. The Bertz CT molecular complexity index is 776. The van der Waals surface area contributed by atoms with Crippen LogP contribution >= 0.6 is 0 Å². The zero-order valence-electron chi connectivity index (χ0n) is 15.9. The molecular formula is C23H30N2O2. The Labute approximate surface area is 161 Å². The van der Waals surface area contributed by atoms with Gasteiger partial charge >= 0.3 is 0 Å². The highest BCUT2D eigenvalue weighted by Crippen LogP contribution is 2.59. The number of hydrogen-bond acceptors (Lipinski definition) is 3. The molecule has 27 heavy (non-hydrogen) atoms. The van der Waals surface area contributed by atoms with Crippen LogP contribution in [0.25, 0.3) is 5.57 Å². The first kappa shape index (κ1) is 17.4. The van der Waals surface area contributed by atoms with E-state index in [1.54, 1.807) is 0 Å². The highest BCUT2D eigenvalue weighted by atomic mass is 16.3. The third-order valence-corrected chi connectivity index (χ3v) is 7.61. The quantitative estimate of drug-likeness (QED) is 0.853. The monoisotopic (exact) mass is 366 g/mol. The molecule has 0 amide bonds. The predicted octanol–water partition coefficient (Wildman–Crippen LogP) is 3.89. The van der Waals surface area contributed by atoms with Crippen molar-refractivity contribution < 1.29 is 10.2 Å². The molecule has 2 N–H and O–H groups in total. The molecule has 4 saturated carbocycles. The van der Waals surface area contributed by atoms with Crippen LogP contribution in [0.5, 0.6) is 0 Å². The lowest BCUT2D eigenvalue weighted by atomic mass is 9.49. The summed E-state index contributed by atoms with van der Waals surface area (Å²) in [6, 6.07) is 0.186. The maximum Gasteiger partial charge on any atom is 0.0953 e.